The molecule has 2 nitrogen and oxygen atoms in total. The molecule has 0 aliphatic carbocycles. The maximum absolute atomic E-state index is 13.0. The normalized spacial score (nSPS) is 11.4. The molecule has 0 bridgehead atoms. The summed E-state index contributed by atoms with van der Waals surface area (Å²) in [7, 11) is 0. The fraction of sp³-hybridized carbons (Fsp3) is 0.0833. The van der Waals surface area contributed by atoms with Gasteiger partial charge in [0, 0.05) is 11.8 Å². The molecule has 0 saturated carbocycles. The van der Waals surface area contributed by atoms with E-state index in [1.165, 1.54) is 30.5 Å². The second-order valence-electron chi connectivity index (χ2n) is 3.57. The number of aromatic nitrogens is 1. The zero-order valence-electron chi connectivity index (χ0n) is 9.21. The number of hydrogen-bond donors (Lipinski definition) is 0. The first kappa shape index (κ1) is 14.0. The quantitative estimate of drug-likeness (QED) is 0.436. The minimum absolute atomic E-state index is 0.305. The van der Waals surface area contributed by atoms with Gasteiger partial charge in [-0.1, -0.05) is 12.1 Å². The van der Waals surface area contributed by atoms with Crippen molar-refractivity contribution >= 4 is 22.6 Å². The van der Waals surface area contributed by atoms with Gasteiger partial charge in [-0.05, 0) is 46.4 Å². The van der Waals surface area contributed by atoms with Crippen molar-refractivity contribution in [3.05, 3.63) is 46.0 Å². The predicted molar refractivity (Wildman–Crippen MR) is 69.0 cm³/mol. The smallest absolute Gasteiger partial charge is 0.406 e. The van der Waals surface area contributed by atoms with E-state index in [0.29, 0.717) is 14.7 Å². The summed E-state index contributed by atoms with van der Waals surface area (Å²) in [5.74, 6) is -0.887. The highest BCUT2D eigenvalue weighted by molar-refractivity contribution is 14.1. The molecule has 19 heavy (non-hydrogen) atoms. The number of pyridine rings is 1. The summed E-state index contributed by atoms with van der Waals surface area (Å²) >= 11 is 1.79. The summed E-state index contributed by atoms with van der Waals surface area (Å²) in [6.45, 7) is 0. The third kappa shape index (κ3) is 3.79. The van der Waals surface area contributed by atoms with E-state index in [9.17, 15) is 17.6 Å². The Bertz CT molecular complexity index is 583. The van der Waals surface area contributed by atoms with Crippen molar-refractivity contribution in [2.75, 3.05) is 0 Å². The van der Waals surface area contributed by atoms with Gasteiger partial charge >= 0.3 is 6.36 Å². The molecule has 1 aromatic carbocycles. The van der Waals surface area contributed by atoms with Crippen LogP contribution in [0.4, 0.5) is 17.6 Å². The van der Waals surface area contributed by atoms with Crippen molar-refractivity contribution in [1.29, 1.82) is 0 Å². The number of ether oxygens (including phenoxy) is 1. The van der Waals surface area contributed by atoms with Gasteiger partial charge in [0.1, 0.15) is 5.75 Å². The third-order valence-corrected chi connectivity index (χ3v) is 2.97. The van der Waals surface area contributed by atoms with Crippen molar-refractivity contribution in [2.45, 2.75) is 6.36 Å². The first-order chi connectivity index (χ1) is 8.85. The van der Waals surface area contributed by atoms with Crippen LogP contribution in [0.15, 0.2) is 36.5 Å². The van der Waals surface area contributed by atoms with E-state index in [0.717, 1.165) is 0 Å². The van der Waals surface area contributed by atoms with Crippen LogP contribution in [0.2, 0.25) is 0 Å². The van der Waals surface area contributed by atoms with E-state index < -0.39 is 12.3 Å². The van der Waals surface area contributed by atoms with Gasteiger partial charge in [-0.15, -0.1) is 13.2 Å². The monoisotopic (exact) mass is 383 g/mol. The van der Waals surface area contributed by atoms with Crippen LogP contribution in [0.1, 0.15) is 0 Å². The molecule has 0 aliphatic rings. The van der Waals surface area contributed by atoms with Crippen molar-refractivity contribution in [2.24, 2.45) is 0 Å². The lowest BCUT2D eigenvalue weighted by molar-refractivity contribution is -0.274. The van der Waals surface area contributed by atoms with E-state index >= 15 is 0 Å². The molecule has 0 atom stereocenters. The van der Waals surface area contributed by atoms with Crippen LogP contribution in [0.3, 0.4) is 0 Å². The predicted octanol–water partition coefficient (Wildman–Crippen LogP) is 4.39. The Labute approximate surface area is 119 Å². The summed E-state index contributed by atoms with van der Waals surface area (Å²) in [4.78, 5) is 3.55. The lowest BCUT2D eigenvalue weighted by Crippen LogP contribution is -2.16. The molecule has 7 heteroatoms. The molecule has 0 saturated heterocycles. The van der Waals surface area contributed by atoms with Gasteiger partial charge < -0.3 is 4.74 Å². The highest BCUT2D eigenvalue weighted by atomic mass is 127. The Balaban J connectivity index is 2.25. The molecule has 0 unspecified atom stereocenters. The van der Waals surface area contributed by atoms with Crippen LogP contribution < -0.4 is 4.74 Å². The van der Waals surface area contributed by atoms with E-state index in [2.05, 4.69) is 9.72 Å². The Morgan fingerprint density at radius 2 is 1.68 bits per heavy atom. The van der Waals surface area contributed by atoms with Gasteiger partial charge in [0.25, 0.3) is 0 Å². The largest absolute Gasteiger partial charge is 0.573 e. The minimum Gasteiger partial charge on any atom is -0.406 e. The molecule has 2 aromatic rings. The topological polar surface area (TPSA) is 22.1 Å². The summed E-state index contributed by atoms with van der Waals surface area (Å²) in [5.41, 5.74) is 1.24. The van der Waals surface area contributed by atoms with E-state index in [-0.39, 0.29) is 5.75 Å². The molecule has 1 aromatic heterocycles. The Morgan fingerprint density at radius 3 is 2.21 bits per heavy atom. The average molecular weight is 383 g/mol. The zero-order valence-corrected chi connectivity index (χ0v) is 11.4. The first-order valence-corrected chi connectivity index (χ1v) is 6.10. The van der Waals surface area contributed by atoms with E-state index in [1.807, 2.05) is 0 Å². The van der Waals surface area contributed by atoms with Crippen LogP contribution in [0.5, 0.6) is 5.75 Å². The summed E-state index contributed by atoms with van der Waals surface area (Å²) < 4.78 is 53.1. The number of benzene rings is 1. The second-order valence-corrected chi connectivity index (χ2v) is 4.73. The summed E-state index contributed by atoms with van der Waals surface area (Å²) in [5, 5.41) is 0. The molecule has 0 radical (unpaired) electrons. The van der Waals surface area contributed by atoms with E-state index in [1.54, 1.807) is 28.7 Å². The molecule has 0 N–H and O–H groups in total. The molecule has 0 amide bonds. The Morgan fingerprint density at radius 1 is 1.05 bits per heavy atom. The number of hydrogen-bond acceptors (Lipinski definition) is 2. The molecular weight excluding hydrogens is 377 g/mol. The van der Waals surface area contributed by atoms with Gasteiger partial charge in [0.2, 0.25) is 5.95 Å². The fourth-order valence-corrected chi connectivity index (χ4v) is 1.90. The summed E-state index contributed by atoms with van der Waals surface area (Å²) in [6.07, 6.45) is -3.40. The number of nitrogens with zero attached hydrogens (tertiary/aromatic N) is 1. The molecule has 1 heterocycles. The second kappa shape index (κ2) is 5.32. The fourth-order valence-electron chi connectivity index (χ4n) is 1.43. The van der Waals surface area contributed by atoms with Crippen molar-refractivity contribution in [1.82, 2.24) is 4.98 Å². The maximum atomic E-state index is 13.0. The first-order valence-electron chi connectivity index (χ1n) is 5.02. The molecule has 0 spiro atoms. The Hall–Kier alpha value is -1.38. The van der Waals surface area contributed by atoms with Gasteiger partial charge in [-0.3, -0.25) is 0 Å². The molecule has 2 rings (SSSR count). The van der Waals surface area contributed by atoms with Crippen LogP contribution in [0, 0.1) is 9.52 Å². The van der Waals surface area contributed by atoms with Crippen LogP contribution in [-0.4, -0.2) is 11.3 Å². The maximum Gasteiger partial charge on any atom is 0.573 e. The standard InChI is InChI=1S/C12H6F4INO/c13-11-10(17)5-8(6-18-11)7-1-3-9(4-2-7)19-12(14,15)16/h1-6H. The lowest BCUT2D eigenvalue weighted by atomic mass is 10.1. The number of rotatable bonds is 2. The SMILES string of the molecule is Fc1ncc(-c2ccc(OC(F)(F)F)cc2)cc1I. The van der Waals surface area contributed by atoms with Crippen LogP contribution in [-0.2, 0) is 0 Å². The van der Waals surface area contributed by atoms with Gasteiger partial charge in [-0.2, -0.15) is 4.39 Å². The van der Waals surface area contributed by atoms with Crippen molar-refractivity contribution < 1.29 is 22.3 Å². The lowest BCUT2D eigenvalue weighted by Gasteiger charge is -2.09. The highest BCUT2D eigenvalue weighted by Crippen LogP contribution is 2.27. The van der Waals surface area contributed by atoms with Crippen molar-refractivity contribution in [3.63, 3.8) is 0 Å². The van der Waals surface area contributed by atoms with Gasteiger partial charge in [0.15, 0.2) is 0 Å². The van der Waals surface area contributed by atoms with Crippen LogP contribution >= 0.6 is 22.6 Å². The number of alkyl halides is 3. The average Bonchev–Trinajstić information content (AvgIpc) is 2.32. The third-order valence-electron chi connectivity index (χ3n) is 2.22. The number of halogens is 5. The molecular formula is C12H6F4INO. The zero-order chi connectivity index (χ0) is 14.0. The molecule has 0 aliphatic heterocycles. The summed E-state index contributed by atoms with van der Waals surface area (Å²) in [6, 6.07) is 6.85. The van der Waals surface area contributed by atoms with Crippen molar-refractivity contribution in [3.8, 4) is 16.9 Å². The molecule has 100 valence electrons. The van der Waals surface area contributed by atoms with Gasteiger partial charge in [0.05, 0.1) is 3.57 Å². The Kier molecular flexibility index (Phi) is 3.93. The van der Waals surface area contributed by atoms with Crippen LogP contribution in [0.25, 0.3) is 11.1 Å². The van der Waals surface area contributed by atoms with E-state index in [4.69, 9.17) is 0 Å². The molecule has 0 fully saturated rings. The van der Waals surface area contributed by atoms with Gasteiger partial charge in [-0.25, -0.2) is 4.98 Å². The minimum atomic E-state index is -4.71. The highest BCUT2D eigenvalue weighted by Gasteiger charge is 2.30.